The molecular formula is C16H23FN2O3. The molecule has 2 atom stereocenters. The van der Waals surface area contributed by atoms with E-state index in [2.05, 4.69) is 5.32 Å². The van der Waals surface area contributed by atoms with Crippen LogP contribution in [-0.2, 0) is 0 Å². The summed E-state index contributed by atoms with van der Waals surface area (Å²) >= 11 is 0. The van der Waals surface area contributed by atoms with Gasteiger partial charge in [-0.2, -0.15) is 0 Å². The van der Waals surface area contributed by atoms with Crippen LogP contribution in [0.3, 0.4) is 0 Å². The van der Waals surface area contributed by atoms with E-state index in [1.807, 2.05) is 6.92 Å². The lowest BCUT2D eigenvalue weighted by molar-refractivity contribution is 0.126. The third kappa shape index (κ3) is 4.87. The average Bonchev–Trinajstić information content (AvgIpc) is 2.54. The molecule has 2 amide bonds. The van der Waals surface area contributed by atoms with Crippen molar-refractivity contribution >= 4 is 6.03 Å². The molecule has 2 rings (SSSR count). The minimum atomic E-state index is -0.308. The fourth-order valence-electron chi connectivity index (χ4n) is 2.49. The van der Waals surface area contributed by atoms with Crippen molar-refractivity contribution in [3.8, 4) is 5.75 Å². The molecule has 0 spiro atoms. The fourth-order valence-corrected chi connectivity index (χ4v) is 2.49. The second-order valence-electron chi connectivity index (χ2n) is 5.75. The summed E-state index contributed by atoms with van der Waals surface area (Å²) in [6.07, 6.45) is 1.88. The average molecular weight is 310 g/mol. The molecule has 1 aromatic rings. The molecule has 1 heterocycles. The minimum absolute atomic E-state index is 0.118. The Morgan fingerprint density at radius 1 is 1.50 bits per heavy atom. The van der Waals surface area contributed by atoms with E-state index >= 15 is 0 Å². The van der Waals surface area contributed by atoms with Gasteiger partial charge in [-0.3, -0.25) is 0 Å². The van der Waals surface area contributed by atoms with E-state index in [0.29, 0.717) is 25.4 Å². The number of ether oxygens (including phenoxy) is 1. The first-order chi connectivity index (χ1) is 10.6. The Morgan fingerprint density at radius 3 is 2.91 bits per heavy atom. The molecule has 1 aliphatic heterocycles. The number of hydrogen-bond acceptors (Lipinski definition) is 3. The van der Waals surface area contributed by atoms with Crippen LogP contribution in [0.15, 0.2) is 24.3 Å². The molecular weight excluding hydrogens is 287 g/mol. The maximum atomic E-state index is 12.8. The van der Waals surface area contributed by atoms with Gasteiger partial charge in [-0.1, -0.05) is 0 Å². The number of carbonyl (C=O) groups excluding carboxylic acids is 1. The van der Waals surface area contributed by atoms with E-state index in [4.69, 9.17) is 4.74 Å². The summed E-state index contributed by atoms with van der Waals surface area (Å²) < 4.78 is 18.3. The molecule has 122 valence electrons. The number of carbonyl (C=O) groups is 1. The molecule has 6 heteroatoms. The molecule has 1 aliphatic rings. The van der Waals surface area contributed by atoms with Crippen LogP contribution in [0.4, 0.5) is 9.18 Å². The summed E-state index contributed by atoms with van der Waals surface area (Å²) in [5, 5.41) is 12.1. The van der Waals surface area contributed by atoms with E-state index < -0.39 is 0 Å². The minimum Gasteiger partial charge on any atom is -0.491 e. The topological polar surface area (TPSA) is 61.8 Å². The Morgan fingerprint density at radius 2 is 2.23 bits per heavy atom. The van der Waals surface area contributed by atoms with Gasteiger partial charge in [-0.25, -0.2) is 9.18 Å². The highest BCUT2D eigenvalue weighted by Crippen LogP contribution is 2.16. The molecule has 2 N–H and O–H groups in total. The molecule has 0 aliphatic carbocycles. The van der Waals surface area contributed by atoms with Crippen molar-refractivity contribution < 1.29 is 19.0 Å². The summed E-state index contributed by atoms with van der Waals surface area (Å²) in [6.45, 7) is 3.60. The number of piperidine rings is 1. The largest absolute Gasteiger partial charge is 0.491 e. The van der Waals surface area contributed by atoms with Crippen molar-refractivity contribution in [2.75, 3.05) is 26.3 Å². The van der Waals surface area contributed by atoms with E-state index in [9.17, 15) is 14.3 Å². The quantitative estimate of drug-likeness (QED) is 0.874. The molecule has 22 heavy (non-hydrogen) atoms. The molecule has 0 radical (unpaired) electrons. The Labute approximate surface area is 130 Å². The number of amides is 2. The van der Waals surface area contributed by atoms with Crippen LogP contribution in [0.5, 0.6) is 5.75 Å². The predicted octanol–water partition coefficient (Wildman–Crippen LogP) is 2.01. The van der Waals surface area contributed by atoms with Crippen molar-refractivity contribution in [2.24, 2.45) is 5.92 Å². The lowest BCUT2D eigenvalue weighted by Crippen LogP contribution is -2.49. The molecule has 0 saturated carbocycles. The zero-order chi connectivity index (χ0) is 15.9. The number of aliphatic hydroxyl groups excluding tert-OH is 1. The zero-order valence-corrected chi connectivity index (χ0v) is 12.8. The number of likely N-dealkylation sites (tertiary alicyclic amines) is 1. The molecule has 1 aromatic carbocycles. The highest BCUT2D eigenvalue weighted by molar-refractivity contribution is 5.74. The SMILES string of the molecule is CC(COc1ccc(F)cc1)NC(=O)N1CCCC(CO)C1. The maximum absolute atomic E-state index is 12.8. The number of hydrogen-bond donors (Lipinski definition) is 2. The number of nitrogens with zero attached hydrogens (tertiary/aromatic N) is 1. The first-order valence-corrected chi connectivity index (χ1v) is 7.63. The van der Waals surface area contributed by atoms with Crippen LogP contribution in [0.25, 0.3) is 0 Å². The van der Waals surface area contributed by atoms with Gasteiger partial charge in [0.15, 0.2) is 0 Å². The second kappa shape index (κ2) is 7.98. The van der Waals surface area contributed by atoms with E-state index in [1.165, 1.54) is 12.1 Å². The summed E-state index contributed by atoms with van der Waals surface area (Å²) in [7, 11) is 0. The third-order valence-electron chi connectivity index (χ3n) is 3.75. The normalized spacial score (nSPS) is 19.6. The fraction of sp³-hybridized carbons (Fsp3) is 0.562. The monoisotopic (exact) mass is 310 g/mol. The van der Waals surface area contributed by atoms with Gasteiger partial charge < -0.3 is 20.1 Å². The second-order valence-corrected chi connectivity index (χ2v) is 5.75. The number of urea groups is 1. The third-order valence-corrected chi connectivity index (χ3v) is 3.75. The lowest BCUT2D eigenvalue weighted by atomic mass is 9.99. The van der Waals surface area contributed by atoms with Crippen molar-refractivity contribution in [2.45, 2.75) is 25.8 Å². The van der Waals surface area contributed by atoms with E-state index in [-0.39, 0.29) is 30.4 Å². The molecule has 1 fully saturated rings. The summed E-state index contributed by atoms with van der Waals surface area (Å²) in [6, 6.07) is 5.49. The van der Waals surface area contributed by atoms with Crippen molar-refractivity contribution in [3.05, 3.63) is 30.1 Å². The van der Waals surface area contributed by atoms with Gasteiger partial charge >= 0.3 is 6.03 Å². The summed E-state index contributed by atoms with van der Waals surface area (Å²) in [5.41, 5.74) is 0. The van der Waals surface area contributed by atoms with Gasteiger partial charge in [0.1, 0.15) is 18.2 Å². The molecule has 2 unspecified atom stereocenters. The van der Waals surface area contributed by atoms with Crippen molar-refractivity contribution in [3.63, 3.8) is 0 Å². The Bertz CT molecular complexity index is 481. The van der Waals surface area contributed by atoms with Crippen LogP contribution in [0.1, 0.15) is 19.8 Å². The highest BCUT2D eigenvalue weighted by Gasteiger charge is 2.23. The Kier molecular flexibility index (Phi) is 6.00. The number of halogens is 1. The van der Waals surface area contributed by atoms with Crippen molar-refractivity contribution in [1.82, 2.24) is 10.2 Å². The van der Waals surface area contributed by atoms with Crippen LogP contribution in [0, 0.1) is 11.7 Å². The van der Waals surface area contributed by atoms with Crippen molar-refractivity contribution in [1.29, 1.82) is 0 Å². The number of rotatable bonds is 5. The predicted molar refractivity (Wildman–Crippen MR) is 81.3 cm³/mol. The van der Waals surface area contributed by atoms with Gasteiger partial charge in [0.05, 0.1) is 6.04 Å². The van der Waals surface area contributed by atoms with Crippen LogP contribution in [0.2, 0.25) is 0 Å². The van der Waals surface area contributed by atoms with Crippen LogP contribution in [-0.4, -0.2) is 48.4 Å². The van der Waals surface area contributed by atoms with Gasteiger partial charge in [-0.05, 0) is 49.9 Å². The van der Waals surface area contributed by atoms with Gasteiger partial charge in [-0.15, -0.1) is 0 Å². The first kappa shape index (κ1) is 16.5. The molecule has 0 aromatic heterocycles. The van der Waals surface area contributed by atoms with Gasteiger partial charge in [0, 0.05) is 19.7 Å². The van der Waals surface area contributed by atoms with E-state index in [1.54, 1.807) is 17.0 Å². The summed E-state index contributed by atoms with van der Waals surface area (Å²) in [5.74, 6) is 0.434. The molecule has 1 saturated heterocycles. The lowest BCUT2D eigenvalue weighted by Gasteiger charge is -2.32. The number of aliphatic hydroxyl groups is 1. The number of nitrogens with one attached hydrogen (secondary N) is 1. The van der Waals surface area contributed by atoms with E-state index in [0.717, 1.165) is 12.8 Å². The highest BCUT2D eigenvalue weighted by atomic mass is 19.1. The van der Waals surface area contributed by atoms with Crippen LogP contribution < -0.4 is 10.1 Å². The van der Waals surface area contributed by atoms with Gasteiger partial charge in [0.2, 0.25) is 0 Å². The molecule has 5 nitrogen and oxygen atoms in total. The Balaban J connectivity index is 1.75. The first-order valence-electron chi connectivity index (χ1n) is 7.63. The zero-order valence-electron chi connectivity index (χ0n) is 12.8. The van der Waals surface area contributed by atoms with Gasteiger partial charge in [0.25, 0.3) is 0 Å². The Hall–Kier alpha value is -1.82. The standard InChI is InChI=1S/C16H23FN2O3/c1-12(11-22-15-6-4-14(17)5-7-15)18-16(21)19-8-2-3-13(9-19)10-20/h4-7,12-13,20H,2-3,8-11H2,1H3,(H,18,21). The smallest absolute Gasteiger partial charge is 0.317 e. The number of benzene rings is 1. The molecule has 0 bridgehead atoms. The van der Waals surface area contributed by atoms with Crippen LogP contribution >= 0.6 is 0 Å². The maximum Gasteiger partial charge on any atom is 0.317 e. The summed E-state index contributed by atoms with van der Waals surface area (Å²) in [4.78, 5) is 13.9.